The summed E-state index contributed by atoms with van der Waals surface area (Å²) in [4.78, 5) is 13.6. The fraction of sp³-hybridized carbons (Fsp3) is 0.300. The van der Waals surface area contributed by atoms with Crippen molar-refractivity contribution < 1.29 is 4.79 Å². The number of amides is 1. The van der Waals surface area contributed by atoms with Gasteiger partial charge in [0.25, 0.3) is 5.91 Å². The van der Waals surface area contributed by atoms with E-state index in [1.54, 1.807) is 30.1 Å². The summed E-state index contributed by atoms with van der Waals surface area (Å²) in [6, 6.07) is 5.18. The maximum absolute atomic E-state index is 11.9. The third-order valence-corrected chi connectivity index (χ3v) is 3.21. The molecule has 1 aromatic carbocycles. The minimum atomic E-state index is -0.0381. The average Bonchev–Trinajstić information content (AvgIpc) is 2.21. The van der Waals surface area contributed by atoms with E-state index in [1.807, 2.05) is 0 Å². The lowest BCUT2D eigenvalue weighted by molar-refractivity contribution is 0.0803. The van der Waals surface area contributed by atoms with Crippen LogP contribution in [-0.4, -0.2) is 29.7 Å². The highest BCUT2D eigenvalue weighted by molar-refractivity contribution is 9.10. The second kappa shape index (κ2) is 5.87. The van der Waals surface area contributed by atoms with E-state index >= 15 is 0 Å². The van der Waals surface area contributed by atoms with Crippen LogP contribution in [0.2, 0.25) is 5.02 Å². The number of carbonyl (C=O) groups is 1. The Balaban J connectivity index is 2.95. The molecule has 0 aromatic heterocycles. The highest BCUT2D eigenvalue weighted by Crippen LogP contribution is 2.22. The minimum Gasteiger partial charge on any atom is -0.341 e. The highest BCUT2D eigenvalue weighted by atomic mass is 79.9. The number of rotatable bonds is 3. The van der Waals surface area contributed by atoms with E-state index < -0.39 is 0 Å². The van der Waals surface area contributed by atoms with Crippen LogP contribution in [-0.2, 0) is 0 Å². The van der Waals surface area contributed by atoms with Gasteiger partial charge in [0.15, 0.2) is 0 Å². The van der Waals surface area contributed by atoms with E-state index in [0.29, 0.717) is 17.1 Å². The predicted molar refractivity (Wildman–Crippen MR) is 69.9 cm³/mol. The fourth-order valence-electron chi connectivity index (χ4n) is 1.10. The van der Waals surface area contributed by atoms with Gasteiger partial charge in [-0.25, -0.2) is 0 Å². The highest BCUT2D eigenvalue weighted by Gasteiger charge is 2.14. The number of carbonyl (C=O) groups excluding carboxylic acids is 1. The maximum atomic E-state index is 11.9. The van der Waals surface area contributed by atoms with Gasteiger partial charge < -0.3 is 4.90 Å². The summed E-state index contributed by atoms with van der Waals surface area (Å²) in [5, 5.41) is 1.32. The van der Waals surface area contributed by atoms with Crippen LogP contribution in [0.3, 0.4) is 0 Å². The van der Waals surface area contributed by atoms with Gasteiger partial charge in [-0.1, -0.05) is 27.5 Å². The SMILES string of the molecule is CN(CCBr)C(=O)c1cc(Cl)ccc1Br. The van der Waals surface area contributed by atoms with E-state index in [0.717, 1.165) is 9.80 Å². The summed E-state index contributed by atoms with van der Waals surface area (Å²) < 4.78 is 0.762. The van der Waals surface area contributed by atoms with Crippen molar-refractivity contribution in [3.05, 3.63) is 33.3 Å². The van der Waals surface area contributed by atoms with Gasteiger partial charge in [-0.15, -0.1) is 0 Å². The Labute approximate surface area is 111 Å². The first-order valence-corrected chi connectivity index (χ1v) is 6.62. The second-order valence-corrected chi connectivity index (χ2v) is 5.12. The van der Waals surface area contributed by atoms with Crippen molar-refractivity contribution in [3.63, 3.8) is 0 Å². The van der Waals surface area contributed by atoms with Gasteiger partial charge in [-0.3, -0.25) is 4.79 Å². The standard InChI is InChI=1S/C10H10Br2ClNO/c1-14(5-4-11)10(15)8-6-7(13)2-3-9(8)12/h2-3,6H,4-5H2,1H3. The number of benzene rings is 1. The molecule has 0 aliphatic heterocycles. The van der Waals surface area contributed by atoms with E-state index in [1.165, 1.54) is 0 Å². The molecule has 0 aliphatic rings. The van der Waals surface area contributed by atoms with Gasteiger partial charge in [0.2, 0.25) is 0 Å². The molecule has 0 bridgehead atoms. The van der Waals surface area contributed by atoms with Crippen LogP contribution in [0.15, 0.2) is 22.7 Å². The van der Waals surface area contributed by atoms with Crippen LogP contribution >= 0.6 is 43.5 Å². The lowest BCUT2D eigenvalue weighted by Gasteiger charge is -2.16. The van der Waals surface area contributed by atoms with E-state index in [2.05, 4.69) is 31.9 Å². The van der Waals surface area contributed by atoms with Gasteiger partial charge in [0.1, 0.15) is 0 Å². The van der Waals surface area contributed by atoms with Crippen LogP contribution in [0.1, 0.15) is 10.4 Å². The molecule has 1 rings (SSSR count). The smallest absolute Gasteiger partial charge is 0.254 e. The number of hydrogen-bond acceptors (Lipinski definition) is 1. The maximum Gasteiger partial charge on any atom is 0.254 e. The Bertz CT molecular complexity index is 370. The Kier molecular flexibility index (Phi) is 5.09. The summed E-state index contributed by atoms with van der Waals surface area (Å²) in [7, 11) is 1.76. The molecule has 0 aliphatic carbocycles. The molecular formula is C10H10Br2ClNO. The number of hydrogen-bond donors (Lipinski definition) is 0. The van der Waals surface area contributed by atoms with Gasteiger partial charge >= 0.3 is 0 Å². The summed E-state index contributed by atoms with van der Waals surface area (Å²) in [5.41, 5.74) is 0.589. The third kappa shape index (κ3) is 3.47. The molecule has 1 amide bonds. The molecule has 1 aromatic rings. The number of halogens is 3. The second-order valence-electron chi connectivity index (χ2n) is 3.04. The third-order valence-electron chi connectivity index (χ3n) is 1.93. The Morgan fingerprint density at radius 3 is 2.80 bits per heavy atom. The van der Waals surface area contributed by atoms with Crippen molar-refractivity contribution in [2.45, 2.75) is 0 Å². The fourth-order valence-corrected chi connectivity index (χ4v) is 2.22. The monoisotopic (exact) mass is 353 g/mol. The molecule has 82 valence electrons. The van der Waals surface area contributed by atoms with Gasteiger partial charge in [0.05, 0.1) is 5.56 Å². The average molecular weight is 355 g/mol. The summed E-state index contributed by atoms with van der Waals surface area (Å²) in [6.45, 7) is 0.664. The Morgan fingerprint density at radius 2 is 2.20 bits per heavy atom. The first-order chi connectivity index (χ1) is 7.06. The van der Waals surface area contributed by atoms with Crippen molar-refractivity contribution in [1.82, 2.24) is 4.90 Å². The summed E-state index contributed by atoms with van der Waals surface area (Å²) in [6.07, 6.45) is 0. The zero-order valence-corrected chi connectivity index (χ0v) is 12.1. The molecule has 0 saturated heterocycles. The Hall–Kier alpha value is -0.0600. The molecule has 0 fully saturated rings. The molecule has 0 saturated carbocycles. The van der Waals surface area contributed by atoms with E-state index in [-0.39, 0.29) is 5.91 Å². The largest absolute Gasteiger partial charge is 0.341 e. The normalized spacial score (nSPS) is 10.1. The van der Waals surface area contributed by atoms with Crippen molar-refractivity contribution in [3.8, 4) is 0 Å². The molecule has 0 atom stereocenters. The number of alkyl halides is 1. The van der Waals surface area contributed by atoms with Crippen molar-refractivity contribution in [2.75, 3.05) is 18.9 Å². The van der Waals surface area contributed by atoms with Crippen LogP contribution in [0.25, 0.3) is 0 Å². The lowest BCUT2D eigenvalue weighted by atomic mass is 10.2. The van der Waals surface area contributed by atoms with Crippen LogP contribution in [0.5, 0.6) is 0 Å². The number of nitrogens with zero attached hydrogens (tertiary/aromatic N) is 1. The molecule has 0 unspecified atom stereocenters. The molecule has 0 spiro atoms. The first-order valence-electron chi connectivity index (χ1n) is 4.32. The molecule has 5 heteroatoms. The first kappa shape index (κ1) is 13.0. The molecule has 0 radical (unpaired) electrons. The van der Waals surface area contributed by atoms with Gasteiger partial charge in [-0.05, 0) is 34.1 Å². The molecular weight excluding hydrogens is 345 g/mol. The van der Waals surface area contributed by atoms with Crippen LogP contribution in [0.4, 0.5) is 0 Å². The van der Waals surface area contributed by atoms with E-state index in [9.17, 15) is 4.79 Å². The molecule has 0 N–H and O–H groups in total. The van der Waals surface area contributed by atoms with Crippen LogP contribution < -0.4 is 0 Å². The van der Waals surface area contributed by atoms with E-state index in [4.69, 9.17) is 11.6 Å². The zero-order valence-electron chi connectivity index (χ0n) is 8.14. The topological polar surface area (TPSA) is 20.3 Å². The van der Waals surface area contributed by atoms with Gasteiger partial charge in [-0.2, -0.15) is 0 Å². The van der Waals surface area contributed by atoms with Gasteiger partial charge in [0, 0.05) is 28.4 Å². The predicted octanol–water partition coefficient (Wildman–Crippen LogP) is 3.57. The summed E-state index contributed by atoms with van der Waals surface area (Å²) in [5.74, 6) is -0.0381. The Morgan fingerprint density at radius 1 is 1.53 bits per heavy atom. The molecule has 0 heterocycles. The zero-order chi connectivity index (χ0) is 11.4. The lowest BCUT2D eigenvalue weighted by Crippen LogP contribution is -2.28. The molecule has 15 heavy (non-hydrogen) atoms. The van der Waals surface area contributed by atoms with Crippen molar-refractivity contribution >= 4 is 49.4 Å². The quantitative estimate of drug-likeness (QED) is 0.759. The minimum absolute atomic E-state index is 0.0381. The summed E-state index contributed by atoms with van der Waals surface area (Å²) >= 11 is 12.5. The van der Waals surface area contributed by atoms with Crippen LogP contribution in [0, 0.1) is 0 Å². The molecule has 2 nitrogen and oxygen atoms in total. The van der Waals surface area contributed by atoms with Crippen molar-refractivity contribution in [2.24, 2.45) is 0 Å². The van der Waals surface area contributed by atoms with Crippen molar-refractivity contribution in [1.29, 1.82) is 0 Å².